The fourth-order valence-corrected chi connectivity index (χ4v) is 1.59. The van der Waals surface area contributed by atoms with Crippen LogP contribution < -0.4 is 4.74 Å². The van der Waals surface area contributed by atoms with E-state index in [1.807, 2.05) is 18.2 Å². The summed E-state index contributed by atoms with van der Waals surface area (Å²) >= 11 is 8.94. The zero-order chi connectivity index (χ0) is 10.2. The molecule has 1 radical (unpaired) electrons. The molecule has 0 fully saturated rings. The first-order chi connectivity index (χ1) is 6.83. The molecule has 0 bridgehead atoms. The standard InChI is InChI=1S/C11H13BrClO/c12-10-5-4-6-11(9-10)14-8-3-1-2-7-13/h4-5,9H,1-3,7-8H2. The summed E-state index contributed by atoms with van der Waals surface area (Å²) < 4.78 is 6.53. The van der Waals surface area contributed by atoms with Crippen molar-refractivity contribution in [3.63, 3.8) is 0 Å². The predicted molar refractivity (Wildman–Crippen MR) is 63.0 cm³/mol. The van der Waals surface area contributed by atoms with E-state index in [1.54, 1.807) is 0 Å². The van der Waals surface area contributed by atoms with E-state index in [0.717, 1.165) is 42.0 Å². The minimum atomic E-state index is 0.739. The summed E-state index contributed by atoms with van der Waals surface area (Å²) in [5, 5.41) is 0. The Kier molecular flexibility index (Phi) is 6.04. The molecule has 1 nitrogen and oxygen atoms in total. The third kappa shape index (κ3) is 4.87. The van der Waals surface area contributed by atoms with Gasteiger partial charge in [0.1, 0.15) is 5.75 Å². The molecule has 0 atom stereocenters. The highest BCUT2D eigenvalue weighted by atomic mass is 79.9. The molecule has 1 rings (SSSR count). The molecule has 0 amide bonds. The van der Waals surface area contributed by atoms with E-state index < -0.39 is 0 Å². The molecule has 0 aliphatic heterocycles. The molecule has 1 aromatic carbocycles. The van der Waals surface area contributed by atoms with Gasteiger partial charge >= 0.3 is 0 Å². The van der Waals surface area contributed by atoms with Crippen LogP contribution in [0.3, 0.4) is 0 Å². The molecule has 0 heterocycles. The molecule has 1 aromatic rings. The van der Waals surface area contributed by atoms with Crippen molar-refractivity contribution in [2.24, 2.45) is 0 Å². The van der Waals surface area contributed by atoms with Crippen LogP contribution in [0.5, 0.6) is 5.75 Å². The molecule has 14 heavy (non-hydrogen) atoms. The molecule has 0 aliphatic rings. The Labute approximate surface area is 98.5 Å². The highest BCUT2D eigenvalue weighted by Gasteiger charge is 1.94. The van der Waals surface area contributed by atoms with Crippen molar-refractivity contribution in [3.05, 3.63) is 28.7 Å². The molecule has 0 N–H and O–H groups in total. The first-order valence-corrected chi connectivity index (χ1v) is 6.01. The fraction of sp³-hybridized carbons (Fsp3) is 0.455. The van der Waals surface area contributed by atoms with Crippen LogP contribution in [0.25, 0.3) is 0 Å². The van der Waals surface area contributed by atoms with Gasteiger partial charge in [0.15, 0.2) is 0 Å². The lowest BCUT2D eigenvalue weighted by Gasteiger charge is -2.05. The number of rotatable bonds is 6. The summed E-state index contributed by atoms with van der Waals surface area (Å²) in [7, 11) is 0. The Hall–Kier alpha value is -0.210. The number of ether oxygens (including phenoxy) is 1. The summed E-state index contributed by atoms with van der Waals surface area (Å²) in [5.74, 6) is 1.54. The van der Waals surface area contributed by atoms with Crippen molar-refractivity contribution < 1.29 is 4.74 Å². The van der Waals surface area contributed by atoms with Crippen LogP contribution >= 0.6 is 27.5 Å². The maximum absolute atomic E-state index is 5.57. The van der Waals surface area contributed by atoms with Gasteiger partial charge in [-0.2, -0.15) is 0 Å². The van der Waals surface area contributed by atoms with Crippen LogP contribution in [-0.4, -0.2) is 12.5 Å². The van der Waals surface area contributed by atoms with Crippen LogP contribution in [-0.2, 0) is 0 Å². The molecule has 0 unspecified atom stereocenters. The Bertz CT molecular complexity index is 265. The Morgan fingerprint density at radius 1 is 1.36 bits per heavy atom. The number of hydrogen-bond acceptors (Lipinski definition) is 1. The molecular weight excluding hydrogens is 263 g/mol. The van der Waals surface area contributed by atoms with E-state index in [1.165, 1.54) is 0 Å². The van der Waals surface area contributed by atoms with E-state index in [0.29, 0.717) is 0 Å². The number of alkyl halides is 1. The van der Waals surface area contributed by atoms with Gasteiger partial charge in [-0.3, -0.25) is 0 Å². The fourth-order valence-electron chi connectivity index (χ4n) is 1.06. The molecular formula is C11H13BrClO. The Balaban J connectivity index is 2.18. The van der Waals surface area contributed by atoms with Gasteiger partial charge in [0.25, 0.3) is 0 Å². The zero-order valence-electron chi connectivity index (χ0n) is 7.93. The van der Waals surface area contributed by atoms with Crippen molar-refractivity contribution in [3.8, 4) is 5.75 Å². The van der Waals surface area contributed by atoms with E-state index in [2.05, 4.69) is 22.0 Å². The second-order valence-corrected chi connectivity index (χ2v) is 4.26. The molecule has 0 aromatic heterocycles. The lowest BCUT2D eigenvalue weighted by Crippen LogP contribution is -1.97. The summed E-state index contributed by atoms with van der Waals surface area (Å²) in [4.78, 5) is 0. The second kappa shape index (κ2) is 7.13. The smallest absolute Gasteiger partial charge is 0.128 e. The van der Waals surface area contributed by atoms with Gasteiger partial charge in [-0.1, -0.05) is 15.9 Å². The van der Waals surface area contributed by atoms with Crippen LogP contribution in [0.4, 0.5) is 0 Å². The topological polar surface area (TPSA) is 9.23 Å². The van der Waals surface area contributed by atoms with Crippen molar-refractivity contribution >= 4 is 27.5 Å². The maximum atomic E-state index is 5.57. The molecule has 0 saturated carbocycles. The third-order valence-corrected chi connectivity index (χ3v) is 2.53. The van der Waals surface area contributed by atoms with E-state index in [4.69, 9.17) is 16.3 Å². The van der Waals surface area contributed by atoms with Crippen molar-refractivity contribution in [1.82, 2.24) is 0 Å². The van der Waals surface area contributed by atoms with Crippen LogP contribution in [0.2, 0.25) is 0 Å². The predicted octanol–water partition coefficient (Wildman–Crippen LogP) is 4.04. The first kappa shape index (κ1) is 11.9. The average molecular weight is 277 g/mol. The number of unbranched alkanes of at least 4 members (excludes halogenated alkanes) is 2. The van der Waals surface area contributed by atoms with Gasteiger partial charge in [0, 0.05) is 16.4 Å². The lowest BCUT2D eigenvalue weighted by molar-refractivity contribution is 0.305. The summed E-state index contributed by atoms with van der Waals surface area (Å²) in [6.45, 7) is 0.740. The second-order valence-electron chi connectivity index (χ2n) is 2.97. The van der Waals surface area contributed by atoms with Gasteiger partial charge in [-0.15, -0.1) is 11.6 Å². The van der Waals surface area contributed by atoms with Crippen LogP contribution in [0.15, 0.2) is 22.7 Å². The average Bonchev–Trinajstić information content (AvgIpc) is 2.18. The van der Waals surface area contributed by atoms with Crippen molar-refractivity contribution in [2.45, 2.75) is 19.3 Å². The SMILES string of the molecule is ClCCCCCOc1[c]ccc(Br)c1. The van der Waals surface area contributed by atoms with Gasteiger partial charge in [0.2, 0.25) is 0 Å². The summed E-state index contributed by atoms with van der Waals surface area (Å²) in [6, 6.07) is 8.72. The molecule has 0 saturated heterocycles. The van der Waals surface area contributed by atoms with Crippen LogP contribution in [0, 0.1) is 6.07 Å². The minimum Gasteiger partial charge on any atom is -0.493 e. The van der Waals surface area contributed by atoms with E-state index >= 15 is 0 Å². The van der Waals surface area contributed by atoms with Gasteiger partial charge in [0.05, 0.1) is 6.61 Å². The lowest BCUT2D eigenvalue weighted by atomic mass is 10.3. The summed E-state index contributed by atoms with van der Waals surface area (Å²) in [6.07, 6.45) is 3.23. The Morgan fingerprint density at radius 3 is 2.93 bits per heavy atom. The molecule has 0 aliphatic carbocycles. The monoisotopic (exact) mass is 275 g/mol. The highest BCUT2D eigenvalue weighted by Crippen LogP contribution is 2.17. The maximum Gasteiger partial charge on any atom is 0.128 e. The van der Waals surface area contributed by atoms with E-state index in [9.17, 15) is 0 Å². The summed E-state index contributed by atoms with van der Waals surface area (Å²) in [5.41, 5.74) is 0. The third-order valence-electron chi connectivity index (χ3n) is 1.77. The molecule has 77 valence electrons. The van der Waals surface area contributed by atoms with Gasteiger partial charge in [-0.25, -0.2) is 0 Å². The van der Waals surface area contributed by atoms with E-state index in [-0.39, 0.29) is 0 Å². The van der Waals surface area contributed by atoms with Crippen molar-refractivity contribution in [1.29, 1.82) is 0 Å². The van der Waals surface area contributed by atoms with Gasteiger partial charge in [-0.05, 0) is 37.5 Å². The normalized spacial score (nSPS) is 10.1. The minimum absolute atomic E-state index is 0.739. The quantitative estimate of drug-likeness (QED) is 0.563. The number of hydrogen-bond donors (Lipinski definition) is 0. The molecule has 0 spiro atoms. The van der Waals surface area contributed by atoms with Crippen LogP contribution in [0.1, 0.15) is 19.3 Å². The Morgan fingerprint density at radius 2 is 2.21 bits per heavy atom. The largest absolute Gasteiger partial charge is 0.493 e. The highest BCUT2D eigenvalue weighted by molar-refractivity contribution is 9.10. The molecule has 3 heteroatoms. The van der Waals surface area contributed by atoms with Crippen molar-refractivity contribution in [2.75, 3.05) is 12.5 Å². The zero-order valence-corrected chi connectivity index (χ0v) is 10.3. The number of benzene rings is 1. The van der Waals surface area contributed by atoms with Gasteiger partial charge < -0.3 is 4.74 Å². The number of halogens is 2. The first-order valence-electron chi connectivity index (χ1n) is 4.69.